The molecule has 1 rings (SSSR count). The number of nitrogens with zero attached hydrogens (tertiary/aromatic N) is 1. The lowest BCUT2D eigenvalue weighted by molar-refractivity contribution is -0.136. The zero-order chi connectivity index (χ0) is 15.3. The van der Waals surface area contributed by atoms with E-state index < -0.39 is 22.1 Å². The molecule has 0 saturated carbocycles. The number of carbonyl (C=O) groups is 1. The van der Waals surface area contributed by atoms with Gasteiger partial charge in [0.05, 0.1) is 11.0 Å². The molecule has 0 bridgehead atoms. The molecule has 0 aliphatic carbocycles. The van der Waals surface area contributed by atoms with Crippen LogP contribution in [0.3, 0.4) is 0 Å². The Morgan fingerprint density at radius 3 is 2.30 bits per heavy atom. The fraction of sp³-hybridized carbons (Fsp3) is 0.462. The Morgan fingerprint density at radius 1 is 1.30 bits per heavy atom. The fourth-order valence-corrected chi connectivity index (χ4v) is 2.98. The maximum Gasteiger partial charge on any atom is 0.303 e. The van der Waals surface area contributed by atoms with Crippen LogP contribution in [0, 0.1) is 0 Å². The van der Waals surface area contributed by atoms with Crippen molar-refractivity contribution >= 4 is 16.0 Å². The summed E-state index contributed by atoms with van der Waals surface area (Å²) < 4.78 is 25.4. The van der Waals surface area contributed by atoms with E-state index in [4.69, 9.17) is 5.11 Å². The second-order valence-corrected chi connectivity index (χ2v) is 6.72. The van der Waals surface area contributed by atoms with Crippen molar-refractivity contribution in [1.82, 2.24) is 4.31 Å². The van der Waals surface area contributed by atoms with Gasteiger partial charge in [0.15, 0.2) is 0 Å². The molecule has 0 heterocycles. The minimum atomic E-state index is -3.63. The second kappa shape index (κ2) is 6.83. The lowest BCUT2D eigenvalue weighted by atomic mass is 10.1. The number of aliphatic hydroxyl groups excluding tert-OH is 1. The van der Waals surface area contributed by atoms with Gasteiger partial charge in [0.1, 0.15) is 0 Å². The molecule has 112 valence electrons. The number of aliphatic carboxylic acids is 1. The zero-order valence-corrected chi connectivity index (χ0v) is 12.3. The Bertz CT molecular complexity index is 551. The minimum Gasteiger partial charge on any atom is -0.481 e. The summed E-state index contributed by atoms with van der Waals surface area (Å²) in [5.74, 6) is -0.890. The number of aryl methyl sites for hydroxylation is 1. The van der Waals surface area contributed by atoms with E-state index in [1.54, 1.807) is 12.1 Å². The molecule has 0 amide bonds. The number of hydrogen-bond acceptors (Lipinski definition) is 4. The van der Waals surface area contributed by atoms with Crippen molar-refractivity contribution in [1.29, 1.82) is 0 Å². The van der Waals surface area contributed by atoms with Gasteiger partial charge in [0, 0.05) is 20.0 Å². The normalized spacial score (nSPS) is 13.4. The standard InChI is InChI=1S/C13H19NO5S/c1-10(15)9-14(2)20(18,19)12-6-3-11(4-7-12)5-8-13(16)17/h3-4,6-7,10,15H,5,8-9H2,1-2H3,(H,16,17). The average molecular weight is 301 g/mol. The highest BCUT2D eigenvalue weighted by atomic mass is 32.2. The van der Waals surface area contributed by atoms with E-state index in [0.717, 1.165) is 9.87 Å². The molecule has 1 aromatic rings. The number of aliphatic hydroxyl groups is 1. The highest BCUT2D eigenvalue weighted by molar-refractivity contribution is 7.89. The number of rotatable bonds is 7. The fourth-order valence-electron chi connectivity index (χ4n) is 1.73. The van der Waals surface area contributed by atoms with Crippen LogP contribution in [-0.2, 0) is 21.2 Å². The van der Waals surface area contributed by atoms with Gasteiger partial charge in [-0.15, -0.1) is 0 Å². The van der Waals surface area contributed by atoms with Crippen molar-refractivity contribution in [3.63, 3.8) is 0 Å². The minimum absolute atomic E-state index is 0.00796. The molecule has 1 atom stereocenters. The van der Waals surface area contributed by atoms with Crippen LogP contribution in [0.25, 0.3) is 0 Å². The first kappa shape index (κ1) is 16.6. The zero-order valence-electron chi connectivity index (χ0n) is 11.5. The summed E-state index contributed by atoms with van der Waals surface area (Å²) in [6.45, 7) is 1.53. The molecule has 0 spiro atoms. The average Bonchev–Trinajstić information content (AvgIpc) is 2.36. The van der Waals surface area contributed by atoms with Gasteiger partial charge >= 0.3 is 5.97 Å². The van der Waals surface area contributed by atoms with Crippen molar-refractivity contribution in [2.75, 3.05) is 13.6 Å². The highest BCUT2D eigenvalue weighted by Crippen LogP contribution is 2.16. The SMILES string of the molecule is CC(O)CN(C)S(=O)(=O)c1ccc(CCC(=O)O)cc1. The Hall–Kier alpha value is -1.44. The van der Waals surface area contributed by atoms with Gasteiger partial charge in [-0.25, -0.2) is 8.42 Å². The largest absolute Gasteiger partial charge is 0.481 e. The molecule has 1 unspecified atom stereocenters. The molecule has 7 heteroatoms. The Morgan fingerprint density at radius 2 is 1.85 bits per heavy atom. The van der Waals surface area contributed by atoms with E-state index >= 15 is 0 Å². The van der Waals surface area contributed by atoms with Crippen molar-refractivity contribution in [2.24, 2.45) is 0 Å². The van der Waals surface area contributed by atoms with E-state index in [2.05, 4.69) is 0 Å². The van der Waals surface area contributed by atoms with E-state index in [-0.39, 0.29) is 17.9 Å². The lowest BCUT2D eigenvalue weighted by Crippen LogP contribution is -2.33. The predicted molar refractivity (Wildman–Crippen MR) is 73.9 cm³/mol. The number of likely N-dealkylation sites (N-methyl/N-ethyl adjacent to an activating group) is 1. The van der Waals surface area contributed by atoms with E-state index in [1.165, 1.54) is 26.1 Å². The summed E-state index contributed by atoms with van der Waals surface area (Å²) in [5, 5.41) is 17.8. The third-order valence-corrected chi connectivity index (χ3v) is 4.62. The van der Waals surface area contributed by atoms with E-state index in [0.29, 0.717) is 6.42 Å². The molecule has 2 N–H and O–H groups in total. The molecule has 0 aromatic heterocycles. The summed E-state index contributed by atoms with van der Waals surface area (Å²) in [6.07, 6.45) is -0.377. The molecule has 20 heavy (non-hydrogen) atoms. The Kier molecular flexibility index (Phi) is 5.67. The number of hydrogen-bond donors (Lipinski definition) is 2. The smallest absolute Gasteiger partial charge is 0.303 e. The Labute approximate surface area is 118 Å². The molecule has 0 saturated heterocycles. The number of carboxylic acids is 1. The van der Waals surface area contributed by atoms with Crippen LogP contribution in [0.15, 0.2) is 29.2 Å². The monoisotopic (exact) mass is 301 g/mol. The van der Waals surface area contributed by atoms with Crippen LogP contribution in [0.4, 0.5) is 0 Å². The van der Waals surface area contributed by atoms with Crippen LogP contribution in [-0.4, -0.2) is 48.6 Å². The molecule has 0 fully saturated rings. The molecule has 0 aliphatic rings. The van der Waals surface area contributed by atoms with E-state index in [9.17, 15) is 18.3 Å². The highest BCUT2D eigenvalue weighted by Gasteiger charge is 2.21. The van der Waals surface area contributed by atoms with Gasteiger partial charge in [0.25, 0.3) is 0 Å². The summed E-state index contributed by atoms with van der Waals surface area (Å²) in [4.78, 5) is 10.6. The van der Waals surface area contributed by atoms with Gasteiger partial charge in [0.2, 0.25) is 10.0 Å². The molecule has 6 nitrogen and oxygen atoms in total. The first-order valence-corrected chi connectivity index (χ1v) is 7.62. The van der Waals surface area contributed by atoms with Crippen molar-refractivity contribution in [3.8, 4) is 0 Å². The molecule has 1 aromatic carbocycles. The third kappa shape index (κ3) is 4.59. The number of carboxylic acid groups (broad SMARTS) is 1. The summed E-state index contributed by atoms with van der Waals surface area (Å²) in [6, 6.07) is 6.11. The van der Waals surface area contributed by atoms with Crippen LogP contribution < -0.4 is 0 Å². The molecular weight excluding hydrogens is 282 g/mol. The first-order chi connectivity index (χ1) is 9.23. The quantitative estimate of drug-likeness (QED) is 0.773. The lowest BCUT2D eigenvalue weighted by Gasteiger charge is -2.18. The molecule has 0 aliphatic heterocycles. The summed E-state index contributed by atoms with van der Waals surface area (Å²) >= 11 is 0. The van der Waals surface area contributed by atoms with Crippen LogP contribution >= 0.6 is 0 Å². The topological polar surface area (TPSA) is 94.9 Å². The number of benzene rings is 1. The van der Waals surface area contributed by atoms with Gasteiger partial charge in [-0.05, 0) is 31.0 Å². The Balaban J connectivity index is 2.84. The second-order valence-electron chi connectivity index (χ2n) is 4.67. The van der Waals surface area contributed by atoms with Crippen LogP contribution in [0.2, 0.25) is 0 Å². The van der Waals surface area contributed by atoms with E-state index in [1.807, 2.05) is 0 Å². The molecule has 0 radical (unpaired) electrons. The molecular formula is C13H19NO5S. The predicted octanol–water partition coefficient (Wildman–Crippen LogP) is 0.705. The van der Waals surface area contributed by atoms with Crippen molar-refractivity contribution < 1.29 is 23.4 Å². The maximum absolute atomic E-state index is 12.2. The third-order valence-electron chi connectivity index (χ3n) is 2.78. The summed E-state index contributed by atoms with van der Waals surface area (Å²) in [7, 11) is -2.22. The van der Waals surface area contributed by atoms with Gasteiger partial charge in [-0.3, -0.25) is 4.79 Å². The van der Waals surface area contributed by atoms with Gasteiger partial charge in [-0.2, -0.15) is 4.31 Å². The van der Waals surface area contributed by atoms with Gasteiger partial charge < -0.3 is 10.2 Å². The maximum atomic E-state index is 12.2. The summed E-state index contributed by atoms with van der Waals surface area (Å²) in [5.41, 5.74) is 0.768. The van der Waals surface area contributed by atoms with Crippen molar-refractivity contribution in [3.05, 3.63) is 29.8 Å². The number of sulfonamides is 1. The van der Waals surface area contributed by atoms with Crippen molar-refractivity contribution in [2.45, 2.75) is 30.8 Å². The van der Waals surface area contributed by atoms with Crippen LogP contribution in [0.1, 0.15) is 18.9 Å². The van der Waals surface area contributed by atoms with Crippen LogP contribution in [0.5, 0.6) is 0 Å². The first-order valence-electron chi connectivity index (χ1n) is 6.18. The van der Waals surface area contributed by atoms with Gasteiger partial charge in [-0.1, -0.05) is 12.1 Å².